The summed E-state index contributed by atoms with van der Waals surface area (Å²) in [4.78, 5) is 11.5. The second-order valence-electron chi connectivity index (χ2n) is 7.86. The molecule has 0 atom stereocenters. The van der Waals surface area contributed by atoms with Gasteiger partial charge in [0.1, 0.15) is 0 Å². The minimum absolute atomic E-state index is 0.107. The third-order valence-electron chi connectivity index (χ3n) is 6.08. The van der Waals surface area contributed by atoms with Crippen molar-refractivity contribution in [3.8, 4) is 16.8 Å². The first-order chi connectivity index (χ1) is 15.7. The predicted octanol–water partition coefficient (Wildman–Crippen LogP) is 7.51. The van der Waals surface area contributed by atoms with Gasteiger partial charge >= 0.3 is 0 Å². The summed E-state index contributed by atoms with van der Waals surface area (Å²) < 4.78 is 2.23. The summed E-state index contributed by atoms with van der Waals surface area (Å²) in [6, 6.07) is 36.0. The second kappa shape index (κ2) is 7.06. The van der Waals surface area contributed by atoms with Crippen molar-refractivity contribution in [1.29, 1.82) is 0 Å². The average molecular weight is 414 g/mol. The lowest BCUT2D eigenvalue weighted by molar-refractivity contribution is -0.384. The van der Waals surface area contributed by atoms with Crippen LogP contribution in [0.15, 0.2) is 109 Å². The van der Waals surface area contributed by atoms with Gasteiger partial charge in [0.25, 0.3) is 5.69 Å². The minimum Gasteiger partial charge on any atom is -0.309 e. The molecule has 0 aliphatic heterocycles. The van der Waals surface area contributed by atoms with Crippen molar-refractivity contribution in [3.05, 3.63) is 119 Å². The van der Waals surface area contributed by atoms with Crippen LogP contribution in [0.3, 0.4) is 0 Å². The van der Waals surface area contributed by atoms with Gasteiger partial charge in [-0.1, -0.05) is 78.9 Å². The molecule has 4 nitrogen and oxygen atoms in total. The fourth-order valence-corrected chi connectivity index (χ4v) is 4.68. The number of nitro benzene ring substituents is 1. The van der Waals surface area contributed by atoms with E-state index in [0.717, 1.165) is 38.4 Å². The van der Waals surface area contributed by atoms with Crippen molar-refractivity contribution in [3.63, 3.8) is 0 Å². The molecule has 32 heavy (non-hydrogen) atoms. The maximum Gasteiger partial charge on any atom is 0.277 e. The molecule has 0 amide bonds. The van der Waals surface area contributed by atoms with Gasteiger partial charge in [-0.2, -0.15) is 0 Å². The molecule has 0 unspecified atom stereocenters. The Morgan fingerprint density at radius 3 is 2.19 bits per heavy atom. The predicted molar refractivity (Wildman–Crippen MR) is 130 cm³/mol. The molecule has 0 bridgehead atoms. The highest BCUT2D eigenvalue weighted by Crippen LogP contribution is 2.40. The zero-order valence-electron chi connectivity index (χ0n) is 17.1. The van der Waals surface area contributed by atoms with Gasteiger partial charge in [0.2, 0.25) is 0 Å². The molecule has 1 aromatic heterocycles. The standard InChI is InChI=1S/C28H18N2O2/c31-30(32)27-15-6-4-11-23(27)25-13-7-12-24-22-10-3-5-14-26(22)29(28(24)25)21-17-16-19-8-1-2-9-20(19)18-21/h1-18H. The molecule has 0 saturated carbocycles. The first-order valence-electron chi connectivity index (χ1n) is 10.5. The van der Waals surface area contributed by atoms with Gasteiger partial charge in [0.15, 0.2) is 0 Å². The van der Waals surface area contributed by atoms with Crippen molar-refractivity contribution in [2.75, 3.05) is 0 Å². The Kier molecular flexibility index (Phi) is 4.05. The van der Waals surface area contributed by atoms with Gasteiger partial charge in [-0.25, -0.2) is 0 Å². The summed E-state index contributed by atoms with van der Waals surface area (Å²) in [5.41, 5.74) is 4.64. The molecule has 0 saturated heterocycles. The Bertz CT molecular complexity index is 1660. The van der Waals surface area contributed by atoms with Crippen molar-refractivity contribution in [2.45, 2.75) is 0 Å². The molecular weight excluding hydrogens is 396 g/mol. The SMILES string of the molecule is O=[N+]([O-])c1ccccc1-c1cccc2c3ccccc3n(-c3ccc4ccccc4c3)c12. The molecule has 6 rings (SSSR count). The summed E-state index contributed by atoms with van der Waals surface area (Å²) in [7, 11) is 0. The van der Waals surface area contributed by atoms with Crippen LogP contribution in [0.5, 0.6) is 0 Å². The molecule has 0 spiro atoms. The Hall–Kier alpha value is -4.44. The van der Waals surface area contributed by atoms with Crippen LogP contribution in [-0.2, 0) is 0 Å². The normalized spacial score (nSPS) is 11.4. The van der Waals surface area contributed by atoms with Crippen LogP contribution in [0.2, 0.25) is 0 Å². The summed E-state index contributed by atoms with van der Waals surface area (Å²) >= 11 is 0. The molecule has 4 heteroatoms. The topological polar surface area (TPSA) is 48.1 Å². The number of nitro groups is 1. The number of hydrogen-bond acceptors (Lipinski definition) is 2. The molecule has 152 valence electrons. The summed E-state index contributed by atoms with van der Waals surface area (Å²) in [5, 5.41) is 16.3. The number of rotatable bonds is 3. The molecule has 0 N–H and O–H groups in total. The van der Waals surface area contributed by atoms with Gasteiger partial charge in [0, 0.05) is 28.1 Å². The molecule has 0 aliphatic rings. The number of para-hydroxylation sites is 3. The van der Waals surface area contributed by atoms with Gasteiger partial charge in [-0.05, 0) is 35.0 Å². The van der Waals surface area contributed by atoms with Crippen LogP contribution < -0.4 is 0 Å². The Labute approximate surface area is 184 Å². The number of benzene rings is 5. The van der Waals surface area contributed by atoms with E-state index in [0.29, 0.717) is 5.56 Å². The van der Waals surface area contributed by atoms with E-state index in [9.17, 15) is 10.1 Å². The molecule has 6 aromatic rings. The number of hydrogen-bond donors (Lipinski definition) is 0. The van der Waals surface area contributed by atoms with Crippen LogP contribution in [0.1, 0.15) is 0 Å². The summed E-state index contributed by atoms with van der Waals surface area (Å²) in [5.74, 6) is 0. The second-order valence-corrected chi connectivity index (χ2v) is 7.86. The summed E-state index contributed by atoms with van der Waals surface area (Å²) in [6.07, 6.45) is 0. The van der Waals surface area contributed by atoms with Crippen molar-refractivity contribution >= 4 is 38.3 Å². The first-order valence-corrected chi connectivity index (χ1v) is 10.5. The lowest BCUT2D eigenvalue weighted by Gasteiger charge is -2.13. The van der Waals surface area contributed by atoms with Crippen molar-refractivity contribution < 1.29 is 4.92 Å². The number of aromatic nitrogens is 1. The fourth-order valence-electron chi connectivity index (χ4n) is 4.68. The third kappa shape index (κ3) is 2.70. The van der Waals surface area contributed by atoms with Crippen LogP contribution in [0, 0.1) is 10.1 Å². The molecule has 5 aromatic carbocycles. The smallest absolute Gasteiger partial charge is 0.277 e. The quantitative estimate of drug-likeness (QED) is 0.222. The van der Waals surface area contributed by atoms with Crippen molar-refractivity contribution in [1.82, 2.24) is 4.57 Å². The van der Waals surface area contributed by atoms with Gasteiger partial charge in [-0.15, -0.1) is 0 Å². The minimum atomic E-state index is -0.308. The van der Waals surface area contributed by atoms with E-state index < -0.39 is 0 Å². The first kappa shape index (κ1) is 18.3. The maximum absolute atomic E-state index is 11.8. The highest BCUT2D eigenvalue weighted by molar-refractivity contribution is 6.14. The highest BCUT2D eigenvalue weighted by atomic mass is 16.6. The van der Waals surface area contributed by atoms with E-state index >= 15 is 0 Å². The fraction of sp³-hybridized carbons (Fsp3) is 0. The van der Waals surface area contributed by atoms with Crippen LogP contribution in [-0.4, -0.2) is 9.49 Å². The molecule has 0 radical (unpaired) electrons. The Balaban J connectivity index is 1.77. The zero-order chi connectivity index (χ0) is 21.7. The van der Waals surface area contributed by atoms with Gasteiger partial charge in [0.05, 0.1) is 21.5 Å². The van der Waals surface area contributed by atoms with Crippen LogP contribution in [0.25, 0.3) is 49.4 Å². The van der Waals surface area contributed by atoms with Crippen LogP contribution in [0.4, 0.5) is 5.69 Å². The van der Waals surface area contributed by atoms with Gasteiger partial charge in [-0.3, -0.25) is 10.1 Å². The average Bonchev–Trinajstić information content (AvgIpc) is 3.18. The third-order valence-corrected chi connectivity index (χ3v) is 6.08. The number of fused-ring (bicyclic) bond motifs is 4. The summed E-state index contributed by atoms with van der Waals surface area (Å²) in [6.45, 7) is 0. The van der Waals surface area contributed by atoms with E-state index in [1.165, 1.54) is 5.39 Å². The zero-order valence-corrected chi connectivity index (χ0v) is 17.1. The van der Waals surface area contributed by atoms with E-state index in [1.54, 1.807) is 12.1 Å². The number of nitrogens with zero attached hydrogens (tertiary/aromatic N) is 2. The highest BCUT2D eigenvalue weighted by Gasteiger charge is 2.21. The maximum atomic E-state index is 11.8. The van der Waals surface area contributed by atoms with E-state index in [4.69, 9.17) is 0 Å². The molecule has 1 heterocycles. The lowest BCUT2D eigenvalue weighted by atomic mass is 10.0. The molecular formula is C28H18N2O2. The van der Waals surface area contributed by atoms with Gasteiger partial charge < -0.3 is 4.57 Å². The monoisotopic (exact) mass is 414 g/mol. The largest absolute Gasteiger partial charge is 0.309 e. The molecule has 0 aliphatic carbocycles. The van der Waals surface area contributed by atoms with E-state index in [-0.39, 0.29) is 10.6 Å². The van der Waals surface area contributed by atoms with E-state index in [2.05, 4.69) is 53.1 Å². The Morgan fingerprint density at radius 2 is 1.31 bits per heavy atom. The van der Waals surface area contributed by atoms with Crippen LogP contribution >= 0.6 is 0 Å². The van der Waals surface area contributed by atoms with E-state index in [1.807, 2.05) is 48.5 Å². The van der Waals surface area contributed by atoms with Crippen molar-refractivity contribution in [2.24, 2.45) is 0 Å². The lowest BCUT2D eigenvalue weighted by Crippen LogP contribution is -1.97. The molecule has 0 fully saturated rings. The Morgan fingerprint density at radius 1 is 0.625 bits per heavy atom.